The zero-order valence-electron chi connectivity index (χ0n) is 13.8. The van der Waals surface area contributed by atoms with E-state index in [0.717, 1.165) is 18.2 Å². The van der Waals surface area contributed by atoms with Crippen molar-refractivity contribution in [3.8, 4) is 34.2 Å². The third-order valence-electron chi connectivity index (χ3n) is 3.84. The number of aromatic nitrogens is 1. The monoisotopic (exact) mass is 352 g/mol. The zero-order chi connectivity index (χ0) is 18.7. The number of nitriles is 1. The van der Waals surface area contributed by atoms with Crippen molar-refractivity contribution < 1.29 is 13.5 Å². The Morgan fingerprint density at radius 2 is 1.81 bits per heavy atom. The minimum Gasteiger partial charge on any atom is -0.494 e. The van der Waals surface area contributed by atoms with Gasteiger partial charge in [-0.15, -0.1) is 0 Å². The van der Waals surface area contributed by atoms with Crippen molar-refractivity contribution in [1.82, 2.24) is 4.98 Å². The van der Waals surface area contributed by atoms with Gasteiger partial charge in [-0.1, -0.05) is 0 Å². The maximum atomic E-state index is 14.2. The third kappa shape index (κ3) is 3.33. The van der Waals surface area contributed by atoms with Crippen LogP contribution in [0.2, 0.25) is 0 Å². The van der Waals surface area contributed by atoms with E-state index in [2.05, 4.69) is 4.98 Å². The maximum Gasteiger partial charge on any atom is 0.266 e. The average molecular weight is 352 g/mol. The molecule has 0 radical (unpaired) electrons. The molecule has 0 saturated carbocycles. The molecule has 1 aromatic heterocycles. The highest BCUT2D eigenvalue weighted by Crippen LogP contribution is 2.29. The van der Waals surface area contributed by atoms with Gasteiger partial charge in [-0.3, -0.25) is 4.79 Å². The van der Waals surface area contributed by atoms with Crippen LogP contribution in [-0.2, 0) is 0 Å². The summed E-state index contributed by atoms with van der Waals surface area (Å²) in [7, 11) is 0. The van der Waals surface area contributed by atoms with Crippen LogP contribution in [0.25, 0.3) is 22.4 Å². The van der Waals surface area contributed by atoms with Crippen LogP contribution in [0, 0.1) is 23.0 Å². The number of rotatable bonds is 4. The molecule has 3 aromatic rings. The number of halogens is 2. The number of H-pyrrole nitrogens is 1. The molecule has 0 fully saturated rings. The van der Waals surface area contributed by atoms with E-state index >= 15 is 0 Å². The van der Waals surface area contributed by atoms with Crippen molar-refractivity contribution >= 4 is 0 Å². The summed E-state index contributed by atoms with van der Waals surface area (Å²) in [6, 6.07) is 13.1. The molecule has 26 heavy (non-hydrogen) atoms. The summed E-state index contributed by atoms with van der Waals surface area (Å²) in [6.45, 7) is 2.39. The topological polar surface area (TPSA) is 65.9 Å². The van der Waals surface area contributed by atoms with Gasteiger partial charge in [-0.05, 0) is 61.0 Å². The SMILES string of the molecule is CCOc1ccc(-c2cc(-c3cc(F)ccc3F)c(C#N)c(=O)[nH]2)cc1. The number of aromatic amines is 1. The van der Waals surface area contributed by atoms with E-state index in [1.807, 2.05) is 6.92 Å². The fraction of sp³-hybridized carbons (Fsp3) is 0.100. The minimum atomic E-state index is -0.717. The summed E-state index contributed by atoms with van der Waals surface area (Å²) < 4.78 is 33.1. The Hall–Kier alpha value is -3.46. The Morgan fingerprint density at radius 1 is 1.08 bits per heavy atom. The number of nitrogens with zero attached hydrogens (tertiary/aromatic N) is 1. The first-order valence-electron chi connectivity index (χ1n) is 7.89. The van der Waals surface area contributed by atoms with Crippen molar-refractivity contribution in [1.29, 1.82) is 5.26 Å². The second kappa shape index (κ2) is 7.19. The van der Waals surface area contributed by atoms with Crippen molar-refractivity contribution in [3.05, 3.63) is 76.1 Å². The quantitative estimate of drug-likeness (QED) is 0.763. The van der Waals surface area contributed by atoms with Crippen LogP contribution in [0.15, 0.2) is 53.3 Å². The molecule has 1 N–H and O–H groups in total. The summed E-state index contributed by atoms with van der Waals surface area (Å²) in [5.41, 5.74) is -0.0116. The molecule has 0 atom stereocenters. The fourth-order valence-corrected chi connectivity index (χ4v) is 2.64. The first-order chi connectivity index (χ1) is 12.5. The predicted octanol–water partition coefficient (Wildman–Crippen LogP) is 4.26. The van der Waals surface area contributed by atoms with Crippen molar-refractivity contribution in [2.45, 2.75) is 6.92 Å². The second-order valence-electron chi connectivity index (χ2n) is 5.49. The van der Waals surface area contributed by atoms with Gasteiger partial charge in [0.05, 0.1) is 6.61 Å². The van der Waals surface area contributed by atoms with Gasteiger partial charge < -0.3 is 9.72 Å². The smallest absolute Gasteiger partial charge is 0.266 e. The molecule has 2 aromatic carbocycles. The normalized spacial score (nSPS) is 10.4. The fourth-order valence-electron chi connectivity index (χ4n) is 2.64. The first-order valence-corrected chi connectivity index (χ1v) is 7.89. The van der Waals surface area contributed by atoms with Crippen LogP contribution in [0.4, 0.5) is 8.78 Å². The number of hydrogen-bond acceptors (Lipinski definition) is 3. The summed E-state index contributed by atoms with van der Waals surface area (Å²) in [6.07, 6.45) is 0. The van der Waals surface area contributed by atoms with Crippen LogP contribution < -0.4 is 10.3 Å². The van der Waals surface area contributed by atoms with Gasteiger partial charge in [0.15, 0.2) is 0 Å². The Bertz CT molecular complexity index is 1050. The van der Waals surface area contributed by atoms with Crippen LogP contribution in [0.5, 0.6) is 5.75 Å². The van der Waals surface area contributed by atoms with Gasteiger partial charge in [0.25, 0.3) is 5.56 Å². The van der Waals surface area contributed by atoms with Crippen molar-refractivity contribution in [3.63, 3.8) is 0 Å². The molecule has 3 rings (SSSR count). The summed E-state index contributed by atoms with van der Waals surface area (Å²) in [5, 5.41) is 9.27. The average Bonchev–Trinajstić information content (AvgIpc) is 2.64. The summed E-state index contributed by atoms with van der Waals surface area (Å²) in [5.74, 6) is -0.706. The standard InChI is InChI=1S/C20H14F2N2O2/c1-2-26-14-6-3-12(4-7-14)19-10-15(17(11-23)20(25)24-19)16-9-13(21)5-8-18(16)22/h3-10H,2H2,1H3,(H,24,25). The molecule has 0 aliphatic heterocycles. The number of hydrogen-bond donors (Lipinski definition) is 1. The molecule has 1 heterocycles. The summed E-state index contributed by atoms with van der Waals surface area (Å²) >= 11 is 0. The number of benzene rings is 2. The molecule has 0 unspecified atom stereocenters. The van der Waals surface area contributed by atoms with E-state index in [-0.39, 0.29) is 16.7 Å². The largest absolute Gasteiger partial charge is 0.494 e. The van der Waals surface area contributed by atoms with Gasteiger partial charge in [-0.25, -0.2) is 8.78 Å². The van der Waals surface area contributed by atoms with Crippen LogP contribution in [-0.4, -0.2) is 11.6 Å². The molecular formula is C20H14F2N2O2. The number of pyridine rings is 1. The highest BCUT2D eigenvalue weighted by atomic mass is 19.1. The molecule has 6 heteroatoms. The molecular weight excluding hydrogens is 338 g/mol. The van der Waals surface area contributed by atoms with Gasteiger partial charge in [0.1, 0.15) is 29.0 Å². The number of nitrogens with one attached hydrogen (secondary N) is 1. The maximum absolute atomic E-state index is 14.2. The minimum absolute atomic E-state index is 0.0390. The molecule has 0 spiro atoms. The predicted molar refractivity (Wildman–Crippen MR) is 93.7 cm³/mol. The van der Waals surface area contributed by atoms with E-state index in [1.54, 1.807) is 30.3 Å². The molecule has 0 bridgehead atoms. The van der Waals surface area contributed by atoms with Crippen molar-refractivity contribution in [2.24, 2.45) is 0 Å². The highest BCUT2D eigenvalue weighted by Gasteiger charge is 2.16. The molecule has 0 saturated heterocycles. The van der Waals surface area contributed by atoms with E-state index in [4.69, 9.17) is 4.74 Å². The summed E-state index contributed by atoms with van der Waals surface area (Å²) in [4.78, 5) is 14.9. The lowest BCUT2D eigenvalue weighted by molar-refractivity contribution is 0.340. The van der Waals surface area contributed by atoms with Crippen LogP contribution in [0.1, 0.15) is 12.5 Å². The highest BCUT2D eigenvalue weighted by molar-refractivity contribution is 5.75. The third-order valence-corrected chi connectivity index (χ3v) is 3.84. The number of ether oxygens (including phenoxy) is 1. The lowest BCUT2D eigenvalue weighted by Crippen LogP contribution is -2.13. The molecule has 0 amide bonds. The van der Waals surface area contributed by atoms with E-state index in [0.29, 0.717) is 23.6 Å². The van der Waals surface area contributed by atoms with Crippen LogP contribution >= 0.6 is 0 Å². The van der Waals surface area contributed by atoms with Gasteiger partial charge >= 0.3 is 0 Å². The Kier molecular flexibility index (Phi) is 4.81. The molecule has 4 nitrogen and oxygen atoms in total. The molecule has 0 aliphatic rings. The first kappa shape index (κ1) is 17.4. The van der Waals surface area contributed by atoms with Crippen LogP contribution in [0.3, 0.4) is 0 Å². The lowest BCUT2D eigenvalue weighted by atomic mass is 9.98. The van der Waals surface area contributed by atoms with E-state index in [9.17, 15) is 18.8 Å². The zero-order valence-corrected chi connectivity index (χ0v) is 13.8. The van der Waals surface area contributed by atoms with E-state index in [1.165, 1.54) is 6.07 Å². The van der Waals surface area contributed by atoms with Gasteiger partial charge in [0, 0.05) is 16.8 Å². The molecule has 130 valence electrons. The van der Waals surface area contributed by atoms with Gasteiger partial charge in [-0.2, -0.15) is 5.26 Å². The second-order valence-corrected chi connectivity index (χ2v) is 5.49. The van der Waals surface area contributed by atoms with Gasteiger partial charge in [0.2, 0.25) is 0 Å². The molecule has 0 aliphatic carbocycles. The Labute approximate surface area is 148 Å². The van der Waals surface area contributed by atoms with Crippen molar-refractivity contribution in [2.75, 3.05) is 6.61 Å². The Balaban J connectivity index is 2.18. The lowest BCUT2D eigenvalue weighted by Gasteiger charge is -2.10. The van der Waals surface area contributed by atoms with E-state index < -0.39 is 17.2 Å². The Morgan fingerprint density at radius 3 is 2.46 bits per heavy atom.